The smallest absolute Gasteiger partial charge is 0.270 e. The van der Waals surface area contributed by atoms with Crippen molar-refractivity contribution in [3.63, 3.8) is 0 Å². The standard InChI is InChI=1S/C21H19ClN4O/c1-14-12-15-6-3-5-9-19(15)26(14)21-23-11-10-18(25-21)20(27)24-13-16-7-2-4-8-17(16)22/h2-11,14H,12-13H2,1H3,(H,24,27). The topological polar surface area (TPSA) is 58.1 Å². The van der Waals surface area contributed by atoms with Crippen molar-refractivity contribution in [2.45, 2.75) is 25.9 Å². The van der Waals surface area contributed by atoms with Crippen LogP contribution in [0.3, 0.4) is 0 Å². The molecular formula is C21H19ClN4O. The molecule has 6 heteroatoms. The molecule has 1 aliphatic rings. The summed E-state index contributed by atoms with van der Waals surface area (Å²) in [6.07, 6.45) is 2.56. The first-order valence-electron chi connectivity index (χ1n) is 8.85. The Morgan fingerprint density at radius 3 is 2.81 bits per heavy atom. The first-order chi connectivity index (χ1) is 13.1. The lowest BCUT2D eigenvalue weighted by Crippen LogP contribution is -2.28. The maximum atomic E-state index is 12.6. The molecule has 1 aromatic heterocycles. The molecule has 5 nitrogen and oxygen atoms in total. The highest BCUT2D eigenvalue weighted by Crippen LogP contribution is 2.36. The van der Waals surface area contributed by atoms with Crippen LogP contribution in [0.2, 0.25) is 5.02 Å². The van der Waals surface area contributed by atoms with Gasteiger partial charge in [-0.1, -0.05) is 48.0 Å². The third-order valence-electron chi connectivity index (χ3n) is 4.70. The Labute approximate surface area is 163 Å². The van der Waals surface area contributed by atoms with Crippen molar-refractivity contribution in [2.24, 2.45) is 0 Å². The summed E-state index contributed by atoms with van der Waals surface area (Å²) >= 11 is 6.15. The fourth-order valence-electron chi connectivity index (χ4n) is 3.37. The van der Waals surface area contributed by atoms with Crippen molar-refractivity contribution in [1.82, 2.24) is 15.3 Å². The van der Waals surface area contributed by atoms with Gasteiger partial charge in [-0.15, -0.1) is 0 Å². The Bertz CT molecular complexity index is 991. The molecule has 4 rings (SSSR count). The van der Waals surface area contributed by atoms with E-state index in [2.05, 4.69) is 39.2 Å². The summed E-state index contributed by atoms with van der Waals surface area (Å²) in [7, 11) is 0. The Morgan fingerprint density at radius 1 is 1.19 bits per heavy atom. The molecule has 0 bridgehead atoms. The molecule has 27 heavy (non-hydrogen) atoms. The van der Waals surface area contributed by atoms with E-state index in [4.69, 9.17) is 11.6 Å². The predicted octanol–water partition coefficient (Wildman–Crippen LogP) is 4.14. The maximum Gasteiger partial charge on any atom is 0.270 e. The van der Waals surface area contributed by atoms with E-state index in [9.17, 15) is 4.79 Å². The molecule has 0 saturated carbocycles. The largest absolute Gasteiger partial charge is 0.347 e. The van der Waals surface area contributed by atoms with Crippen LogP contribution in [0.4, 0.5) is 11.6 Å². The highest BCUT2D eigenvalue weighted by molar-refractivity contribution is 6.31. The van der Waals surface area contributed by atoms with Crippen LogP contribution in [0, 0.1) is 0 Å². The van der Waals surface area contributed by atoms with Crippen molar-refractivity contribution >= 4 is 29.1 Å². The van der Waals surface area contributed by atoms with Crippen LogP contribution >= 0.6 is 11.6 Å². The van der Waals surface area contributed by atoms with Gasteiger partial charge in [0.1, 0.15) is 5.69 Å². The zero-order valence-corrected chi connectivity index (χ0v) is 15.6. The molecule has 1 N–H and O–H groups in total. The Balaban J connectivity index is 1.54. The van der Waals surface area contributed by atoms with Crippen LogP contribution in [0.1, 0.15) is 28.5 Å². The van der Waals surface area contributed by atoms with Crippen LogP contribution in [0.5, 0.6) is 0 Å². The van der Waals surface area contributed by atoms with Gasteiger partial charge < -0.3 is 10.2 Å². The van der Waals surface area contributed by atoms with E-state index in [0.29, 0.717) is 23.2 Å². The Hall–Kier alpha value is -2.92. The normalized spacial score (nSPS) is 15.5. The number of nitrogens with zero attached hydrogens (tertiary/aromatic N) is 3. The number of anilines is 2. The van der Waals surface area contributed by atoms with Crippen molar-refractivity contribution in [3.8, 4) is 0 Å². The number of halogens is 1. The summed E-state index contributed by atoms with van der Waals surface area (Å²) in [5.41, 5.74) is 3.56. The fourth-order valence-corrected chi connectivity index (χ4v) is 3.57. The van der Waals surface area contributed by atoms with Gasteiger partial charge in [0.05, 0.1) is 0 Å². The van der Waals surface area contributed by atoms with Gasteiger partial charge in [-0.2, -0.15) is 0 Å². The third-order valence-corrected chi connectivity index (χ3v) is 5.06. The number of para-hydroxylation sites is 1. The molecule has 0 aliphatic carbocycles. The lowest BCUT2D eigenvalue weighted by molar-refractivity contribution is 0.0946. The minimum atomic E-state index is -0.251. The molecule has 1 atom stereocenters. The van der Waals surface area contributed by atoms with Crippen LogP contribution in [0.25, 0.3) is 0 Å². The molecule has 1 aliphatic heterocycles. The van der Waals surface area contributed by atoms with Crippen molar-refractivity contribution in [1.29, 1.82) is 0 Å². The molecular weight excluding hydrogens is 360 g/mol. The summed E-state index contributed by atoms with van der Waals surface area (Å²) in [6, 6.07) is 17.5. The van der Waals surface area contributed by atoms with Gasteiger partial charge in [0, 0.05) is 29.5 Å². The molecule has 2 heterocycles. The van der Waals surface area contributed by atoms with Gasteiger partial charge in [-0.05, 0) is 42.7 Å². The van der Waals surface area contributed by atoms with Gasteiger partial charge in [0.25, 0.3) is 5.91 Å². The summed E-state index contributed by atoms with van der Waals surface area (Å²) in [4.78, 5) is 23.6. The number of hydrogen-bond acceptors (Lipinski definition) is 4. The van der Waals surface area contributed by atoms with Crippen LogP contribution in [0.15, 0.2) is 60.8 Å². The van der Waals surface area contributed by atoms with E-state index in [-0.39, 0.29) is 11.9 Å². The van der Waals surface area contributed by atoms with Crippen molar-refractivity contribution in [3.05, 3.63) is 82.6 Å². The Kier molecular flexibility index (Phi) is 4.77. The van der Waals surface area contributed by atoms with Crippen molar-refractivity contribution < 1.29 is 4.79 Å². The number of fused-ring (bicyclic) bond motifs is 1. The highest BCUT2D eigenvalue weighted by atomic mass is 35.5. The summed E-state index contributed by atoms with van der Waals surface area (Å²) in [5, 5.41) is 3.50. The van der Waals surface area contributed by atoms with Gasteiger partial charge in [0.15, 0.2) is 0 Å². The second-order valence-electron chi connectivity index (χ2n) is 6.57. The van der Waals surface area contributed by atoms with Gasteiger partial charge in [-0.25, -0.2) is 9.97 Å². The van der Waals surface area contributed by atoms with E-state index >= 15 is 0 Å². The number of aromatic nitrogens is 2. The molecule has 136 valence electrons. The predicted molar refractivity (Wildman–Crippen MR) is 106 cm³/mol. The minimum Gasteiger partial charge on any atom is -0.347 e. The molecule has 1 unspecified atom stereocenters. The van der Waals surface area contributed by atoms with E-state index in [1.807, 2.05) is 30.3 Å². The molecule has 0 spiro atoms. The second-order valence-corrected chi connectivity index (χ2v) is 6.98. The molecule has 3 aromatic rings. The monoisotopic (exact) mass is 378 g/mol. The lowest BCUT2D eigenvalue weighted by atomic mass is 10.1. The molecule has 1 amide bonds. The number of hydrogen-bond donors (Lipinski definition) is 1. The van der Waals surface area contributed by atoms with Crippen LogP contribution in [-0.2, 0) is 13.0 Å². The van der Waals surface area contributed by atoms with Crippen molar-refractivity contribution in [2.75, 3.05) is 4.90 Å². The molecule has 0 radical (unpaired) electrons. The van der Waals surface area contributed by atoms with E-state index in [0.717, 1.165) is 17.7 Å². The molecule has 2 aromatic carbocycles. The second kappa shape index (κ2) is 7.37. The number of carbonyl (C=O) groups excluding carboxylic acids is 1. The zero-order valence-electron chi connectivity index (χ0n) is 14.9. The molecule has 0 saturated heterocycles. The van der Waals surface area contributed by atoms with E-state index < -0.39 is 0 Å². The highest BCUT2D eigenvalue weighted by Gasteiger charge is 2.29. The van der Waals surface area contributed by atoms with E-state index in [1.54, 1.807) is 18.3 Å². The number of amides is 1. The summed E-state index contributed by atoms with van der Waals surface area (Å²) < 4.78 is 0. The number of rotatable bonds is 4. The maximum absolute atomic E-state index is 12.6. The number of carbonyl (C=O) groups is 1. The SMILES string of the molecule is CC1Cc2ccccc2N1c1nccc(C(=O)NCc2ccccc2Cl)n1. The van der Waals surface area contributed by atoms with Gasteiger partial charge in [0.2, 0.25) is 5.95 Å². The lowest BCUT2D eigenvalue weighted by Gasteiger charge is -2.22. The first kappa shape index (κ1) is 17.5. The summed E-state index contributed by atoms with van der Waals surface area (Å²) in [5.74, 6) is 0.288. The Morgan fingerprint density at radius 2 is 1.96 bits per heavy atom. The number of benzene rings is 2. The van der Waals surface area contributed by atoms with Gasteiger partial charge >= 0.3 is 0 Å². The van der Waals surface area contributed by atoms with Gasteiger partial charge in [-0.3, -0.25) is 4.79 Å². The van der Waals surface area contributed by atoms with Crippen LogP contribution < -0.4 is 10.2 Å². The number of nitrogens with one attached hydrogen (secondary N) is 1. The fraction of sp³-hybridized carbons (Fsp3) is 0.190. The summed E-state index contributed by atoms with van der Waals surface area (Å²) in [6.45, 7) is 2.48. The molecule has 0 fully saturated rings. The van der Waals surface area contributed by atoms with Crippen LogP contribution in [-0.4, -0.2) is 21.9 Å². The van der Waals surface area contributed by atoms with E-state index in [1.165, 1.54) is 5.56 Å². The zero-order chi connectivity index (χ0) is 18.8. The quantitative estimate of drug-likeness (QED) is 0.741. The minimum absolute atomic E-state index is 0.240. The third kappa shape index (κ3) is 3.51. The average Bonchev–Trinajstić information content (AvgIpc) is 3.03. The average molecular weight is 379 g/mol. The first-order valence-corrected chi connectivity index (χ1v) is 9.23.